The number of rotatable bonds is 3. The van der Waals surface area contributed by atoms with Gasteiger partial charge in [0.15, 0.2) is 0 Å². The molecule has 0 aliphatic carbocycles. The molecular formula is C16H22N4OS. The molecule has 6 heteroatoms. The van der Waals surface area contributed by atoms with Crippen molar-refractivity contribution in [1.29, 1.82) is 0 Å². The molecule has 0 radical (unpaired) electrons. The predicted octanol–water partition coefficient (Wildman–Crippen LogP) is 3.32. The molecule has 0 saturated carbocycles. The number of piperidine rings is 1. The molecular weight excluding hydrogens is 296 g/mol. The second-order valence-corrected chi connectivity index (χ2v) is 7.14. The Balaban J connectivity index is 1.72. The molecule has 1 saturated heterocycles. The zero-order chi connectivity index (χ0) is 15.7. The lowest BCUT2D eigenvalue weighted by molar-refractivity contribution is 0.0701. The first-order valence-corrected chi connectivity index (χ1v) is 8.68. The van der Waals surface area contributed by atoms with Gasteiger partial charge >= 0.3 is 0 Å². The van der Waals surface area contributed by atoms with E-state index in [-0.39, 0.29) is 5.91 Å². The van der Waals surface area contributed by atoms with Crippen LogP contribution in [0.1, 0.15) is 65.5 Å². The van der Waals surface area contributed by atoms with Crippen molar-refractivity contribution in [2.45, 2.75) is 45.4 Å². The average molecular weight is 318 g/mol. The first-order chi connectivity index (χ1) is 10.5. The highest BCUT2D eigenvalue weighted by molar-refractivity contribution is 7.09. The van der Waals surface area contributed by atoms with Gasteiger partial charge in [-0.25, -0.2) is 9.97 Å². The highest BCUT2D eigenvalue weighted by Crippen LogP contribution is 2.29. The summed E-state index contributed by atoms with van der Waals surface area (Å²) >= 11 is 1.70. The molecule has 1 N–H and O–H groups in total. The zero-order valence-electron chi connectivity index (χ0n) is 13.3. The summed E-state index contributed by atoms with van der Waals surface area (Å²) in [5.41, 5.74) is 1.67. The Labute approximate surface area is 134 Å². The van der Waals surface area contributed by atoms with Gasteiger partial charge in [-0.05, 0) is 19.8 Å². The Morgan fingerprint density at radius 3 is 2.95 bits per heavy atom. The molecule has 2 aromatic rings. The highest BCUT2D eigenvalue weighted by atomic mass is 32.1. The molecule has 1 aliphatic heterocycles. The van der Waals surface area contributed by atoms with E-state index in [2.05, 4.69) is 34.2 Å². The molecule has 1 amide bonds. The quantitative estimate of drug-likeness (QED) is 0.944. The van der Waals surface area contributed by atoms with Gasteiger partial charge in [-0.15, -0.1) is 11.3 Å². The summed E-state index contributed by atoms with van der Waals surface area (Å²) in [5.74, 6) is 1.59. The van der Waals surface area contributed by atoms with Gasteiger partial charge < -0.3 is 9.88 Å². The fraction of sp³-hybridized carbons (Fsp3) is 0.562. The smallest absolute Gasteiger partial charge is 0.271 e. The molecule has 2 aromatic heterocycles. The van der Waals surface area contributed by atoms with Gasteiger partial charge in [-0.1, -0.05) is 13.8 Å². The lowest BCUT2D eigenvalue weighted by Crippen LogP contribution is -2.39. The molecule has 1 aliphatic rings. The molecule has 1 fully saturated rings. The van der Waals surface area contributed by atoms with Crippen LogP contribution in [-0.2, 0) is 0 Å². The average Bonchev–Trinajstić information content (AvgIpc) is 3.15. The SMILES string of the molecule is Cc1csc(C2CCCN(C(=O)c3cnc(C(C)C)[nH]3)C2)n1. The Morgan fingerprint density at radius 2 is 2.32 bits per heavy atom. The number of likely N-dealkylation sites (tertiary alicyclic amines) is 1. The van der Waals surface area contributed by atoms with Crippen LogP contribution >= 0.6 is 11.3 Å². The summed E-state index contributed by atoms with van der Waals surface area (Å²) in [5, 5.41) is 3.24. The number of hydrogen-bond donors (Lipinski definition) is 1. The van der Waals surface area contributed by atoms with E-state index < -0.39 is 0 Å². The van der Waals surface area contributed by atoms with Gasteiger partial charge in [0.2, 0.25) is 0 Å². The summed E-state index contributed by atoms with van der Waals surface area (Å²) in [6, 6.07) is 0. The first kappa shape index (κ1) is 15.2. The van der Waals surface area contributed by atoms with Crippen LogP contribution in [-0.4, -0.2) is 38.8 Å². The first-order valence-electron chi connectivity index (χ1n) is 7.80. The van der Waals surface area contributed by atoms with Crippen molar-refractivity contribution < 1.29 is 4.79 Å². The largest absolute Gasteiger partial charge is 0.338 e. The lowest BCUT2D eigenvalue weighted by Gasteiger charge is -2.31. The summed E-state index contributed by atoms with van der Waals surface area (Å²) in [6.45, 7) is 7.71. The van der Waals surface area contributed by atoms with Crippen LogP contribution in [0.2, 0.25) is 0 Å². The number of aryl methyl sites for hydroxylation is 1. The van der Waals surface area contributed by atoms with Gasteiger partial charge in [-0.2, -0.15) is 0 Å². The normalized spacial score (nSPS) is 18.9. The van der Waals surface area contributed by atoms with Crippen LogP contribution in [0.25, 0.3) is 0 Å². The minimum absolute atomic E-state index is 0.0531. The van der Waals surface area contributed by atoms with Gasteiger partial charge in [-0.3, -0.25) is 4.79 Å². The minimum Gasteiger partial charge on any atom is -0.338 e. The molecule has 1 unspecified atom stereocenters. The van der Waals surface area contributed by atoms with E-state index in [1.165, 1.54) is 0 Å². The maximum absolute atomic E-state index is 12.7. The standard InChI is InChI=1S/C16H22N4OS/c1-10(2)14-17-7-13(19-14)16(21)20-6-4-5-12(8-20)15-18-11(3)9-22-15/h7,9-10,12H,4-6,8H2,1-3H3,(H,17,19). The van der Waals surface area contributed by atoms with E-state index in [1.807, 2.05) is 11.8 Å². The summed E-state index contributed by atoms with van der Waals surface area (Å²) in [7, 11) is 0. The van der Waals surface area contributed by atoms with Crippen molar-refractivity contribution in [3.05, 3.63) is 33.8 Å². The number of aromatic nitrogens is 3. The monoisotopic (exact) mass is 318 g/mol. The maximum Gasteiger partial charge on any atom is 0.271 e. The van der Waals surface area contributed by atoms with Crippen LogP contribution in [0.5, 0.6) is 0 Å². The number of carbonyl (C=O) groups is 1. The highest BCUT2D eigenvalue weighted by Gasteiger charge is 2.28. The maximum atomic E-state index is 12.7. The number of aromatic amines is 1. The van der Waals surface area contributed by atoms with Crippen LogP contribution in [0.3, 0.4) is 0 Å². The molecule has 118 valence electrons. The number of nitrogens with zero attached hydrogens (tertiary/aromatic N) is 3. The summed E-state index contributed by atoms with van der Waals surface area (Å²) in [4.78, 5) is 26.6. The van der Waals surface area contributed by atoms with Gasteiger partial charge in [0, 0.05) is 36.0 Å². The van der Waals surface area contributed by atoms with E-state index >= 15 is 0 Å². The number of thiazole rings is 1. The van der Waals surface area contributed by atoms with Gasteiger partial charge in [0.25, 0.3) is 5.91 Å². The van der Waals surface area contributed by atoms with Crippen molar-refractivity contribution in [2.24, 2.45) is 0 Å². The number of carbonyl (C=O) groups excluding carboxylic acids is 1. The minimum atomic E-state index is 0.0531. The third-order valence-electron chi connectivity index (χ3n) is 4.07. The Kier molecular flexibility index (Phi) is 4.29. The van der Waals surface area contributed by atoms with Crippen LogP contribution in [0.15, 0.2) is 11.6 Å². The van der Waals surface area contributed by atoms with Crippen molar-refractivity contribution in [2.75, 3.05) is 13.1 Å². The summed E-state index contributed by atoms with van der Waals surface area (Å²) < 4.78 is 0. The predicted molar refractivity (Wildman–Crippen MR) is 87.4 cm³/mol. The van der Waals surface area contributed by atoms with E-state index in [0.29, 0.717) is 17.5 Å². The van der Waals surface area contributed by atoms with Crippen molar-refractivity contribution in [3.63, 3.8) is 0 Å². The molecule has 3 rings (SSSR count). The van der Waals surface area contributed by atoms with E-state index in [9.17, 15) is 4.79 Å². The molecule has 3 heterocycles. The lowest BCUT2D eigenvalue weighted by atomic mass is 9.98. The molecule has 0 spiro atoms. The van der Waals surface area contributed by atoms with E-state index in [1.54, 1.807) is 17.5 Å². The van der Waals surface area contributed by atoms with Crippen molar-refractivity contribution >= 4 is 17.2 Å². The van der Waals surface area contributed by atoms with Crippen molar-refractivity contribution in [3.8, 4) is 0 Å². The Morgan fingerprint density at radius 1 is 1.50 bits per heavy atom. The third kappa shape index (κ3) is 3.06. The third-order valence-corrected chi connectivity index (χ3v) is 5.19. The second kappa shape index (κ2) is 6.20. The fourth-order valence-electron chi connectivity index (χ4n) is 2.83. The van der Waals surface area contributed by atoms with Crippen LogP contribution in [0.4, 0.5) is 0 Å². The van der Waals surface area contributed by atoms with E-state index in [0.717, 1.165) is 42.5 Å². The number of imidazole rings is 1. The number of nitrogens with one attached hydrogen (secondary N) is 1. The second-order valence-electron chi connectivity index (χ2n) is 6.25. The fourth-order valence-corrected chi connectivity index (χ4v) is 3.76. The molecule has 1 atom stereocenters. The number of amides is 1. The molecule has 5 nitrogen and oxygen atoms in total. The van der Waals surface area contributed by atoms with Crippen molar-refractivity contribution in [1.82, 2.24) is 19.9 Å². The van der Waals surface area contributed by atoms with Crippen LogP contribution in [0, 0.1) is 6.92 Å². The molecule has 0 aromatic carbocycles. The van der Waals surface area contributed by atoms with E-state index in [4.69, 9.17) is 0 Å². The number of H-pyrrole nitrogens is 1. The summed E-state index contributed by atoms with van der Waals surface area (Å²) in [6.07, 6.45) is 3.80. The Hall–Kier alpha value is -1.69. The topological polar surface area (TPSA) is 61.9 Å². The van der Waals surface area contributed by atoms with Crippen LogP contribution < -0.4 is 0 Å². The Bertz CT molecular complexity index is 661. The van der Waals surface area contributed by atoms with Gasteiger partial charge in [0.1, 0.15) is 11.5 Å². The van der Waals surface area contributed by atoms with Gasteiger partial charge in [0.05, 0.1) is 11.2 Å². The molecule has 0 bridgehead atoms. The zero-order valence-corrected chi connectivity index (χ0v) is 14.1. The number of hydrogen-bond acceptors (Lipinski definition) is 4. The molecule has 22 heavy (non-hydrogen) atoms.